The van der Waals surface area contributed by atoms with E-state index in [9.17, 15) is 0 Å². The topological polar surface area (TPSA) is 3.24 Å². The van der Waals surface area contributed by atoms with Crippen molar-refractivity contribution in [2.24, 2.45) is 0 Å². The molecule has 0 amide bonds. The van der Waals surface area contributed by atoms with Gasteiger partial charge in [-0.3, -0.25) is 0 Å². The summed E-state index contributed by atoms with van der Waals surface area (Å²) in [6.45, 7) is 0. The van der Waals surface area contributed by atoms with Gasteiger partial charge in [-0.1, -0.05) is 36.4 Å². The Morgan fingerprint density at radius 3 is 2.87 bits per heavy atom. The number of anilines is 1. The Labute approximate surface area is 108 Å². The lowest BCUT2D eigenvalue weighted by Crippen LogP contribution is -2.37. The molecular weight excluding hydrogens is 317 g/mol. The number of hydrogen-bond donors (Lipinski definition) is 0. The first kappa shape index (κ1) is 9.78. The summed E-state index contributed by atoms with van der Waals surface area (Å²) in [5.74, 6) is 0. The second-order valence-electron chi connectivity index (χ2n) is 3.62. The van der Waals surface area contributed by atoms with Crippen molar-refractivity contribution in [3.05, 3.63) is 48.6 Å². The summed E-state index contributed by atoms with van der Waals surface area (Å²) in [6, 6.07) is 9.10. The van der Waals surface area contributed by atoms with E-state index in [0.29, 0.717) is 11.3 Å². The van der Waals surface area contributed by atoms with Crippen LogP contribution in [0, 0.1) is 0 Å². The first-order chi connectivity index (χ1) is 7.36. The molecule has 0 spiro atoms. The summed E-state index contributed by atoms with van der Waals surface area (Å²) < 4.78 is 2.34. The maximum Gasteiger partial charge on any atom is 0.0733 e. The van der Waals surface area contributed by atoms with E-state index in [4.69, 9.17) is 0 Å². The van der Waals surface area contributed by atoms with Crippen molar-refractivity contribution in [1.82, 2.24) is 0 Å². The van der Waals surface area contributed by atoms with Gasteiger partial charge in [-0.2, -0.15) is 0 Å². The van der Waals surface area contributed by atoms with Gasteiger partial charge < -0.3 is 3.11 Å². The summed E-state index contributed by atoms with van der Waals surface area (Å²) in [7, 11) is 0. The van der Waals surface area contributed by atoms with Crippen LogP contribution in [0.15, 0.2) is 53.5 Å². The highest BCUT2D eigenvalue weighted by Crippen LogP contribution is 2.44. The number of halogens is 1. The van der Waals surface area contributed by atoms with Crippen LogP contribution in [0.2, 0.25) is 0 Å². The summed E-state index contributed by atoms with van der Waals surface area (Å²) in [5, 5.41) is 0.557. The Morgan fingerprint density at radius 1 is 1.13 bits per heavy atom. The molecule has 15 heavy (non-hydrogen) atoms. The average molecular weight is 327 g/mol. The zero-order chi connectivity index (χ0) is 10.3. The molecule has 2 aliphatic rings. The molecule has 0 bridgehead atoms. The zero-order valence-corrected chi connectivity index (χ0v) is 11.0. The SMILES string of the molecule is IN1c2ccccc2SC2C=CC=CC21. The number of benzene rings is 1. The first-order valence-corrected chi connectivity index (χ1v) is 6.76. The molecule has 2 atom stereocenters. The Morgan fingerprint density at radius 2 is 1.93 bits per heavy atom. The van der Waals surface area contributed by atoms with Crippen molar-refractivity contribution in [2.45, 2.75) is 16.2 Å². The molecule has 1 heterocycles. The zero-order valence-electron chi connectivity index (χ0n) is 8.01. The van der Waals surface area contributed by atoms with E-state index >= 15 is 0 Å². The van der Waals surface area contributed by atoms with E-state index in [1.807, 2.05) is 11.8 Å². The van der Waals surface area contributed by atoms with E-state index in [-0.39, 0.29) is 0 Å². The van der Waals surface area contributed by atoms with Gasteiger partial charge in [-0.15, -0.1) is 11.8 Å². The Kier molecular flexibility index (Phi) is 2.52. The molecule has 0 aromatic heterocycles. The van der Waals surface area contributed by atoms with Gasteiger partial charge in [0.25, 0.3) is 0 Å². The molecule has 1 aliphatic carbocycles. The largest absolute Gasteiger partial charge is 0.305 e. The van der Waals surface area contributed by atoms with Gasteiger partial charge in [0.15, 0.2) is 0 Å². The molecule has 0 saturated carbocycles. The standard InChI is InChI=1S/C12H10INS/c13-14-9-5-1-3-7-11(9)15-12-8-4-2-6-10(12)14/h1-9,11H. The number of fused-ring (bicyclic) bond motifs is 2. The molecule has 0 fully saturated rings. The summed E-state index contributed by atoms with van der Waals surface area (Å²) in [5.41, 5.74) is 1.34. The maximum absolute atomic E-state index is 2.42. The minimum Gasteiger partial charge on any atom is -0.305 e. The molecule has 1 aromatic carbocycles. The second kappa shape index (κ2) is 3.87. The maximum atomic E-state index is 2.42. The van der Waals surface area contributed by atoms with E-state index in [2.05, 4.69) is 74.5 Å². The minimum absolute atomic E-state index is 0.496. The second-order valence-corrected chi connectivity index (χ2v) is 5.88. The fraction of sp³-hybridized carbons (Fsp3) is 0.167. The van der Waals surface area contributed by atoms with Gasteiger partial charge in [0, 0.05) is 4.90 Å². The molecule has 0 radical (unpaired) electrons. The number of allylic oxidation sites excluding steroid dienone is 2. The van der Waals surface area contributed by atoms with Crippen LogP contribution in [0.3, 0.4) is 0 Å². The summed E-state index contributed by atoms with van der Waals surface area (Å²) in [4.78, 5) is 1.38. The predicted octanol–water partition coefficient (Wildman–Crippen LogP) is 3.81. The third-order valence-corrected chi connectivity index (χ3v) is 5.15. The van der Waals surface area contributed by atoms with Crippen LogP contribution in [0.1, 0.15) is 0 Å². The van der Waals surface area contributed by atoms with E-state index < -0.39 is 0 Å². The monoisotopic (exact) mass is 327 g/mol. The molecule has 1 nitrogen and oxygen atoms in total. The van der Waals surface area contributed by atoms with E-state index in [1.165, 1.54) is 10.6 Å². The summed E-state index contributed by atoms with van der Waals surface area (Å²) >= 11 is 4.38. The number of nitrogens with zero attached hydrogens (tertiary/aromatic N) is 1. The Balaban J connectivity index is 2.07. The smallest absolute Gasteiger partial charge is 0.0733 e. The molecule has 3 heteroatoms. The minimum atomic E-state index is 0.496. The van der Waals surface area contributed by atoms with Gasteiger partial charge >= 0.3 is 0 Å². The normalized spacial score (nSPS) is 27.4. The van der Waals surface area contributed by atoms with Crippen molar-refractivity contribution in [1.29, 1.82) is 0 Å². The van der Waals surface area contributed by atoms with Gasteiger partial charge in [0.05, 0.1) is 39.8 Å². The van der Waals surface area contributed by atoms with Gasteiger partial charge in [-0.05, 0) is 12.1 Å². The number of para-hydroxylation sites is 1. The van der Waals surface area contributed by atoms with Crippen molar-refractivity contribution in [3.63, 3.8) is 0 Å². The number of thioether (sulfide) groups is 1. The highest BCUT2D eigenvalue weighted by atomic mass is 127. The third-order valence-electron chi connectivity index (χ3n) is 2.68. The highest BCUT2D eigenvalue weighted by molar-refractivity contribution is 14.1. The fourth-order valence-corrected chi connectivity index (χ4v) is 4.52. The molecule has 2 unspecified atom stereocenters. The van der Waals surface area contributed by atoms with Crippen LogP contribution in [0.5, 0.6) is 0 Å². The van der Waals surface area contributed by atoms with Crippen LogP contribution < -0.4 is 3.11 Å². The lowest BCUT2D eigenvalue weighted by molar-refractivity contribution is 0.839. The molecular formula is C12H10INS. The van der Waals surface area contributed by atoms with Gasteiger partial charge in [-0.25, -0.2) is 0 Å². The van der Waals surface area contributed by atoms with Crippen LogP contribution in [-0.4, -0.2) is 11.3 Å². The molecule has 76 valence electrons. The Hall–Kier alpha value is -0.420. The third kappa shape index (κ3) is 1.61. The predicted molar refractivity (Wildman–Crippen MR) is 74.7 cm³/mol. The molecule has 0 saturated heterocycles. The lowest BCUT2D eigenvalue weighted by atomic mass is 10.1. The van der Waals surface area contributed by atoms with E-state index in [1.54, 1.807) is 0 Å². The average Bonchev–Trinajstić information content (AvgIpc) is 2.30. The molecule has 1 aromatic rings. The van der Waals surface area contributed by atoms with Crippen LogP contribution in [-0.2, 0) is 0 Å². The van der Waals surface area contributed by atoms with Crippen molar-refractivity contribution in [2.75, 3.05) is 3.11 Å². The van der Waals surface area contributed by atoms with Crippen LogP contribution in [0.25, 0.3) is 0 Å². The molecule has 0 N–H and O–H groups in total. The van der Waals surface area contributed by atoms with E-state index in [0.717, 1.165) is 0 Å². The quantitative estimate of drug-likeness (QED) is 0.527. The Bertz CT molecular complexity index is 441. The first-order valence-electron chi connectivity index (χ1n) is 4.92. The fourth-order valence-electron chi connectivity index (χ4n) is 1.93. The molecule has 1 aliphatic heterocycles. The van der Waals surface area contributed by atoms with Crippen molar-refractivity contribution in [3.8, 4) is 0 Å². The van der Waals surface area contributed by atoms with Gasteiger partial charge in [0.2, 0.25) is 0 Å². The summed E-state index contributed by atoms with van der Waals surface area (Å²) in [6.07, 6.45) is 8.85. The van der Waals surface area contributed by atoms with Crippen LogP contribution >= 0.6 is 34.6 Å². The highest BCUT2D eigenvalue weighted by Gasteiger charge is 2.31. The van der Waals surface area contributed by atoms with Crippen molar-refractivity contribution >= 4 is 40.3 Å². The van der Waals surface area contributed by atoms with Crippen molar-refractivity contribution < 1.29 is 0 Å². The lowest BCUT2D eigenvalue weighted by Gasteiger charge is -2.37. The van der Waals surface area contributed by atoms with Gasteiger partial charge in [0.1, 0.15) is 0 Å². The molecule has 3 rings (SSSR count). The number of rotatable bonds is 0. The number of hydrogen-bond acceptors (Lipinski definition) is 2. The van der Waals surface area contributed by atoms with Crippen LogP contribution in [0.4, 0.5) is 5.69 Å².